The monoisotopic (exact) mass is 388 g/mol. The minimum Gasteiger partial charge on any atom is -0.326 e. The topological polar surface area (TPSA) is 66.4 Å². The molecule has 0 aliphatic heterocycles. The van der Waals surface area contributed by atoms with Crippen molar-refractivity contribution in [3.05, 3.63) is 75.5 Å². The number of hydrogen-bond acceptors (Lipinski definition) is 4. The zero-order valence-corrected chi connectivity index (χ0v) is 15.2. The Morgan fingerprint density at radius 1 is 1.23 bits per heavy atom. The van der Waals surface area contributed by atoms with Crippen LogP contribution < -0.4 is 10.6 Å². The van der Waals surface area contributed by atoms with Gasteiger partial charge >= 0.3 is 0 Å². The normalized spacial score (nSPS) is 11.3. The summed E-state index contributed by atoms with van der Waals surface area (Å²) in [6.07, 6.45) is 0. The molecule has 0 aliphatic carbocycles. The fourth-order valence-electron chi connectivity index (χ4n) is 2.07. The minimum absolute atomic E-state index is 0.175. The summed E-state index contributed by atoms with van der Waals surface area (Å²) in [5, 5.41) is 8.68. The number of hydrogen-bond donors (Lipinski definition) is 2. The molecule has 0 saturated heterocycles. The number of carbonyl (C=O) groups is 1. The van der Waals surface area contributed by atoms with Gasteiger partial charge in [0.2, 0.25) is 5.96 Å². The van der Waals surface area contributed by atoms with Gasteiger partial charge in [-0.3, -0.25) is 10.1 Å². The molecule has 0 radical (unpaired) electrons. The SMILES string of the molecule is Cc1nc(C(=O)NC(=Nc2ccc(F)cc2)Nc2cccc(Cl)c2)cs1. The van der Waals surface area contributed by atoms with Gasteiger partial charge in [-0.05, 0) is 49.4 Å². The van der Waals surface area contributed by atoms with Crippen LogP contribution in [0.5, 0.6) is 0 Å². The number of rotatable bonds is 3. The van der Waals surface area contributed by atoms with Crippen molar-refractivity contribution in [2.45, 2.75) is 6.92 Å². The largest absolute Gasteiger partial charge is 0.326 e. The average Bonchev–Trinajstić information content (AvgIpc) is 3.03. The summed E-state index contributed by atoms with van der Waals surface area (Å²) in [5.41, 5.74) is 1.42. The number of nitrogens with zero attached hydrogens (tertiary/aromatic N) is 2. The first-order chi connectivity index (χ1) is 12.5. The van der Waals surface area contributed by atoms with E-state index < -0.39 is 5.91 Å². The Morgan fingerprint density at radius 3 is 2.65 bits per heavy atom. The number of carbonyl (C=O) groups excluding carboxylic acids is 1. The van der Waals surface area contributed by atoms with Gasteiger partial charge < -0.3 is 5.32 Å². The van der Waals surface area contributed by atoms with Gasteiger partial charge in [0.05, 0.1) is 10.7 Å². The highest BCUT2D eigenvalue weighted by Crippen LogP contribution is 2.17. The van der Waals surface area contributed by atoms with E-state index in [4.69, 9.17) is 11.6 Å². The van der Waals surface area contributed by atoms with Crippen molar-refractivity contribution in [3.8, 4) is 0 Å². The molecule has 26 heavy (non-hydrogen) atoms. The van der Waals surface area contributed by atoms with Crippen molar-refractivity contribution in [2.75, 3.05) is 5.32 Å². The number of amides is 1. The first-order valence-electron chi connectivity index (χ1n) is 7.60. The molecule has 8 heteroatoms. The van der Waals surface area contributed by atoms with Crippen molar-refractivity contribution in [1.29, 1.82) is 0 Å². The Balaban J connectivity index is 1.87. The molecule has 1 amide bonds. The average molecular weight is 389 g/mol. The molecule has 0 spiro atoms. The zero-order valence-electron chi connectivity index (χ0n) is 13.7. The number of nitrogens with one attached hydrogen (secondary N) is 2. The van der Waals surface area contributed by atoms with Gasteiger partial charge in [0.25, 0.3) is 5.91 Å². The predicted octanol–water partition coefficient (Wildman–Crippen LogP) is 4.77. The number of anilines is 1. The van der Waals surface area contributed by atoms with Crippen molar-refractivity contribution < 1.29 is 9.18 Å². The molecule has 0 unspecified atom stereocenters. The molecule has 132 valence electrons. The van der Waals surface area contributed by atoms with Crippen LogP contribution in [-0.2, 0) is 0 Å². The summed E-state index contributed by atoms with van der Waals surface area (Å²) >= 11 is 7.37. The maximum absolute atomic E-state index is 13.1. The predicted molar refractivity (Wildman–Crippen MR) is 103 cm³/mol. The fraction of sp³-hybridized carbons (Fsp3) is 0.0556. The number of halogens is 2. The van der Waals surface area contributed by atoms with Gasteiger partial charge in [0.15, 0.2) is 0 Å². The second-order valence-corrected chi connectivity index (χ2v) is 6.78. The van der Waals surface area contributed by atoms with Gasteiger partial charge in [-0.2, -0.15) is 0 Å². The van der Waals surface area contributed by atoms with Crippen molar-refractivity contribution >= 4 is 46.2 Å². The third-order valence-corrected chi connectivity index (χ3v) is 4.25. The second kappa shape index (κ2) is 8.07. The van der Waals surface area contributed by atoms with E-state index in [-0.39, 0.29) is 11.8 Å². The van der Waals surface area contributed by atoms with Crippen molar-refractivity contribution in [2.24, 2.45) is 4.99 Å². The van der Waals surface area contributed by atoms with Crippen LogP contribution in [0.2, 0.25) is 5.02 Å². The molecule has 0 bridgehead atoms. The standard InChI is InChI=1S/C18H14ClFN4OS/c1-11-21-16(10-26-11)17(25)24-18(22-14-7-5-13(20)6-8-14)23-15-4-2-3-12(19)9-15/h2-10H,1H3,(H2,22,23,24,25). The Bertz CT molecular complexity index is 956. The molecule has 5 nitrogen and oxygen atoms in total. The lowest BCUT2D eigenvalue weighted by molar-refractivity contribution is 0.0972. The van der Waals surface area contributed by atoms with Gasteiger partial charge in [-0.1, -0.05) is 17.7 Å². The van der Waals surface area contributed by atoms with Crippen molar-refractivity contribution in [1.82, 2.24) is 10.3 Å². The molecule has 3 aromatic rings. The minimum atomic E-state index is -0.398. The van der Waals surface area contributed by atoms with E-state index in [9.17, 15) is 9.18 Å². The second-order valence-electron chi connectivity index (χ2n) is 5.28. The summed E-state index contributed by atoms with van der Waals surface area (Å²) in [4.78, 5) is 20.9. The number of benzene rings is 2. The number of aryl methyl sites for hydroxylation is 1. The third-order valence-electron chi connectivity index (χ3n) is 3.24. The zero-order chi connectivity index (χ0) is 18.5. The Labute approximate surface area is 158 Å². The smallest absolute Gasteiger partial charge is 0.277 e. The molecule has 3 rings (SSSR count). The lowest BCUT2D eigenvalue weighted by atomic mass is 10.3. The first-order valence-corrected chi connectivity index (χ1v) is 8.86. The molecule has 1 aromatic heterocycles. The summed E-state index contributed by atoms with van der Waals surface area (Å²) in [5.74, 6) is -0.588. The van der Waals surface area contributed by atoms with Crippen LogP contribution in [0.25, 0.3) is 0 Å². The lowest BCUT2D eigenvalue weighted by Crippen LogP contribution is -2.36. The van der Waals surface area contributed by atoms with Crippen LogP contribution in [0.3, 0.4) is 0 Å². The number of aliphatic imine (C=N–C) groups is 1. The highest BCUT2D eigenvalue weighted by molar-refractivity contribution is 7.09. The molecule has 0 aliphatic rings. The maximum atomic E-state index is 13.1. The Kier molecular flexibility index (Phi) is 5.60. The van der Waals surface area contributed by atoms with Crippen molar-refractivity contribution in [3.63, 3.8) is 0 Å². The Morgan fingerprint density at radius 2 is 2.00 bits per heavy atom. The highest BCUT2D eigenvalue weighted by Gasteiger charge is 2.12. The van der Waals surface area contributed by atoms with E-state index >= 15 is 0 Å². The molecule has 0 fully saturated rings. The van der Waals surface area contributed by atoms with E-state index in [0.717, 1.165) is 5.01 Å². The van der Waals surface area contributed by atoms with Gasteiger partial charge in [0, 0.05) is 16.1 Å². The first kappa shape index (κ1) is 18.0. The fourth-order valence-corrected chi connectivity index (χ4v) is 2.86. The Hall–Kier alpha value is -2.77. The molecule has 2 aromatic carbocycles. The molecule has 0 atom stereocenters. The van der Waals surface area contributed by atoms with Gasteiger partial charge in [-0.25, -0.2) is 14.4 Å². The third kappa shape index (κ3) is 4.87. The molecule has 2 N–H and O–H groups in total. The van der Waals surface area contributed by atoms with E-state index in [0.29, 0.717) is 22.1 Å². The van der Waals surface area contributed by atoms with Crippen LogP contribution in [0.15, 0.2) is 58.9 Å². The summed E-state index contributed by atoms with van der Waals surface area (Å²) in [6, 6.07) is 12.6. The van der Waals surface area contributed by atoms with Gasteiger partial charge in [0.1, 0.15) is 11.5 Å². The summed E-state index contributed by atoms with van der Waals surface area (Å²) < 4.78 is 13.1. The summed E-state index contributed by atoms with van der Waals surface area (Å²) in [6.45, 7) is 1.82. The van der Waals surface area contributed by atoms with Crippen LogP contribution in [0, 0.1) is 12.7 Å². The maximum Gasteiger partial charge on any atom is 0.277 e. The van der Waals surface area contributed by atoms with E-state index in [2.05, 4.69) is 20.6 Å². The number of aromatic nitrogens is 1. The molecule has 0 saturated carbocycles. The van der Waals surface area contributed by atoms with E-state index in [1.54, 1.807) is 29.6 Å². The molecular formula is C18H14ClFN4OS. The van der Waals surface area contributed by atoms with Crippen LogP contribution >= 0.6 is 22.9 Å². The lowest BCUT2D eigenvalue weighted by Gasteiger charge is -2.11. The number of guanidine groups is 1. The highest BCUT2D eigenvalue weighted by atomic mass is 35.5. The van der Waals surface area contributed by atoms with Crippen LogP contribution in [-0.4, -0.2) is 16.9 Å². The van der Waals surface area contributed by atoms with E-state index in [1.807, 2.05) is 6.92 Å². The number of thiazole rings is 1. The van der Waals surface area contributed by atoms with E-state index in [1.165, 1.54) is 35.6 Å². The molecular weight excluding hydrogens is 375 g/mol. The van der Waals surface area contributed by atoms with Crippen LogP contribution in [0.1, 0.15) is 15.5 Å². The van der Waals surface area contributed by atoms with Crippen LogP contribution in [0.4, 0.5) is 15.8 Å². The van der Waals surface area contributed by atoms with Gasteiger partial charge in [-0.15, -0.1) is 11.3 Å². The molecule has 1 heterocycles. The quantitative estimate of drug-likeness (QED) is 0.501. The summed E-state index contributed by atoms with van der Waals surface area (Å²) in [7, 11) is 0.